The van der Waals surface area contributed by atoms with Gasteiger partial charge in [-0.2, -0.15) is 11.3 Å². The summed E-state index contributed by atoms with van der Waals surface area (Å²) in [5.74, 6) is 0. The first-order valence-corrected chi connectivity index (χ1v) is 3.80. The van der Waals surface area contributed by atoms with Crippen LogP contribution in [0.1, 0.15) is 11.3 Å². The maximum Gasteiger partial charge on any atom is 0.519 e. The van der Waals surface area contributed by atoms with Crippen molar-refractivity contribution < 1.29 is 21.7 Å². The Labute approximate surface area is 69.1 Å². The van der Waals surface area contributed by atoms with E-state index >= 15 is 0 Å². The third-order valence-corrected chi connectivity index (χ3v) is 2.37. The van der Waals surface area contributed by atoms with Gasteiger partial charge in [0.05, 0.1) is 4.88 Å². The molecule has 0 aliphatic heterocycles. The standard InChI is InChI=1S/C5H3BF5S/c7-5(8)3-1-2-4(12-3)6(9,10)11/h1-2,5H/q-1. The van der Waals surface area contributed by atoms with Crippen LogP contribution in [0.25, 0.3) is 0 Å². The van der Waals surface area contributed by atoms with Gasteiger partial charge in [0.2, 0.25) is 0 Å². The van der Waals surface area contributed by atoms with Crippen molar-refractivity contribution in [3.05, 3.63) is 17.0 Å². The second-order valence-corrected chi connectivity index (χ2v) is 3.26. The van der Waals surface area contributed by atoms with Crippen molar-refractivity contribution in [3.8, 4) is 0 Å². The number of thiophene rings is 1. The van der Waals surface area contributed by atoms with E-state index in [1.54, 1.807) is 0 Å². The van der Waals surface area contributed by atoms with Crippen molar-refractivity contribution in [1.82, 2.24) is 0 Å². The summed E-state index contributed by atoms with van der Waals surface area (Å²) < 4.78 is 58.4. The maximum absolute atomic E-state index is 11.9. The molecule has 0 saturated heterocycles. The van der Waals surface area contributed by atoms with Crippen LogP contribution in [0.3, 0.4) is 0 Å². The van der Waals surface area contributed by atoms with Crippen LogP contribution in [0.5, 0.6) is 0 Å². The number of alkyl halides is 2. The Balaban J connectivity index is 2.92. The second-order valence-electron chi connectivity index (χ2n) is 2.12. The summed E-state index contributed by atoms with van der Waals surface area (Å²) in [5, 5.41) is 0. The summed E-state index contributed by atoms with van der Waals surface area (Å²) in [4.78, 5) is -0.538. The third-order valence-electron chi connectivity index (χ3n) is 1.19. The van der Waals surface area contributed by atoms with Gasteiger partial charge in [-0.25, -0.2) is 8.78 Å². The summed E-state index contributed by atoms with van der Waals surface area (Å²) in [6.45, 7) is -5.13. The van der Waals surface area contributed by atoms with Crippen molar-refractivity contribution in [1.29, 1.82) is 0 Å². The van der Waals surface area contributed by atoms with E-state index in [0.29, 0.717) is 6.07 Å². The lowest BCUT2D eigenvalue weighted by Crippen LogP contribution is -2.30. The van der Waals surface area contributed by atoms with Gasteiger partial charge in [-0.3, -0.25) is 0 Å². The number of rotatable bonds is 2. The van der Waals surface area contributed by atoms with E-state index < -0.39 is 23.1 Å². The normalized spacial score (nSPS) is 12.5. The molecule has 1 rings (SSSR count). The molecule has 7 heteroatoms. The van der Waals surface area contributed by atoms with Gasteiger partial charge < -0.3 is 12.9 Å². The average molecular weight is 201 g/mol. The second kappa shape index (κ2) is 3.04. The smallest absolute Gasteiger partial charge is 0.444 e. The number of hydrogen-bond donors (Lipinski definition) is 0. The predicted octanol–water partition coefficient (Wildman–Crippen LogP) is 2.74. The fourth-order valence-corrected chi connectivity index (χ4v) is 1.43. The summed E-state index contributed by atoms with van der Waals surface area (Å²) in [5.41, 5.74) is 0. The highest BCUT2D eigenvalue weighted by molar-refractivity contribution is 7.24. The van der Waals surface area contributed by atoms with Crippen molar-refractivity contribution in [3.63, 3.8) is 0 Å². The minimum atomic E-state index is -5.13. The molecule has 1 aromatic rings. The SMILES string of the molecule is FC(F)c1ccc([B-](F)(F)F)s1. The van der Waals surface area contributed by atoms with Gasteiger partial charge in [-0.1, -0.05) is 10.8 Å². The Hall–Kier alpha value is -0.585. The minimum Gasteiger partial charge on any atom is -0.444 e. The molecule has 0 saturated carbocycles. The van der Waals surface area contributed by atoms with Crippen molar-refractivity contribution in [2.75, 3.05) is 0 Å². The van der Waals surface area contributed by atoms with Crippen LogP contribution in [0, 0.1) is 0 Å². The molecular weight excluding hydrogens is 198 g/mol. The first-order chi connectivity index (χ1) is 5.41. The van der Waals surface area contributed by atoms with Gasteiger partial charge in [0.25, 0.3) is 6.43 Å². The average Bonchev–Trinajstić information content (AvgIpc) is 2.30. The van der Waals surface area contributed by atoms with Gasteiger partial charge in [0, 0.05) is 0 Å². The first-order valence-electron chi connectivity index (χ1n) is 2.99. The van der Waals surface area contributed by atoms with Gasteiger partial charge >= 0.3 is 6.98 Å². The summed E-state index contributed by atoms with van der Waals surface area (Å²) in [6, 6.07) is 1.49. The molecule has 0 radical (unpaired) electrons. The van der Waals surface area contributed by atoms with Gasteiger partial charge in [-0.15, -0.1) is 0 Å². The van der Waals surface area contributed by atoms with Crippen LogP contribution in [0.4, 0.5) is 21.7 Å². The van der Waals surface area contributed by atoms with Crippen LogP contribution in [0.2, 0.25) is 0 Å². The summed E-state index contributed by atoms with van der Waals surface area (Å²) in [6.07, 6.45) is -2.82. The van der Waals surface area contributed by atoms with Crippen molar-refractivity contribution >= 4 is 23.1 Å². The maximum atomic E-state index is 11.9. The summed E-state index contributed by atoms with van der Waals surface area (Å²) in [7, 11) is 0. The zero-order valence-corrected chi connectivity index (χ0v) is 6.42. The van der Waals surface area contributed by atoms with Crippen molar-refractivity contribution in [2.45, 2.75) is 6.43 Å². The fourth-order valence-electron chi connectivity index (χ4n) is 0.662. The van der Waals surface area contributed by atoms with E-state index in [1.165, 1.54) is 0 Å². The van der Waals surface area contributed by atoms with Crippen molar-refractivity contribution in [2.24, 2.45) is 0 Å². The number of halogens is 5. The molecule has 0 aliphatic rings. The van der Waals surface area contributed by atoms with E-state index in [-0.39, 0.29) is 11.3 Å². The van der Waals surface area contributed by atoms with E-state index in [0.717, 1.165) is 6.07 Å². The molecule has 12 heavy (non-hydrogen) atoms. The lowest BCUT2D eigenvalue weighted by molar-refractivity contribution is 0.155. The highest BCUT2D eigenvalue weighted by Crippen LogP contribution is 2.25. The minimum absolute atomic E-state index is 0.101. The largest absolute Gasteiger partial charge is 0.519 e. The molecule has 0 atom stereocenters. The Kier molecular flexibility index (Phi) is 2.41. The first kappa shape index (κ1) is 9.50. The predicted molar refractivity (Wildman–Crippen MR) is 38.0 cm³/mol. The van der Waals surface area contributed by atoms with Crippen LogP contribution >= 0.6 is 11.3 Å². The van der Waals surface area contributed by atoms with Crippen LogP contribution in [-0.4, -0.2) is 6.98 Å². The molecule has 1 aromatic heterocycles. The molecule has 0 unspecified atom stereocenters. The monoisotopic (exact) mass is 201 g/mol. The van der Waals surface area contributed by atoms with Crippen LogP contribution < -0.4 is 4.78 Å². The van der Waals surface area contributed by atoms with Crippen LogP contribution in [0.15, 0.2) is 12.1 Å². The molecule has 0 aliphatic carbocycles. The summed E-state index contributed by atoms with van der Waals surface area (Å²) >= 11 is 0.101. The molecule has 1 heterocycles. The van der Waals surface area contributed by atoms with E-state index in [1.807, 2.05) is 0 Å². The molecule has 0 N–H and O–H groups in total. The lowest BCUT2D eigenvalue weighted by Gasteiger charge is -2.10. The van der Waals surface area contributed by atoms with Crippen LogP contribution in [-0.2, 0) is 0 Å². The lowest BCUT2D eigenvalue weighted by atomic mass is 9.90. The molecular formula is C5H3BF5S-. The van der Waals surface area contributed by atoms with Gasteiger partial charge in [0.15, 0.2) is 0 Å². The van der Waals surface area contributed by atoms with E-state index in [2.05, 4.69) is 0 Å². The topological polar surface area (TPSA) is 0 Å². The van der Waals surface area contributed by atoms with Gasteiger partial charge in [-0.05, 0) is 6.07 Å². The number of hydrogen-bond acceptors (Lipinski definition) is 1. The van der Waals surface area contributed by atoms with E-state index in [9.17, 15) is 21.7 Å². The molecule has 0 bridgehead atoms. The molecule has 0 fully saturated rings. The fraction of sp³-hybridized carbons (Fsp3) is 0.200. The third kappa shape index (κ3) is 1.97. The van der Waals surface area contributed by atoms with Gasteiger partial charge in [0.1, 0.15) is 0 Å². The molecule has 0 nitrogen and oxygen atoms in total. The molecule has 68 valence electrons. The highest BCUT2D eigenvalue weighted by Gasteiger charge is 2.28. The Bertz CT molecular complexity index is 265. The Morgan fingerprint density at radius 3 is 2.00 bits per heavy atom. The Morgan fingerprint density at radius 1 is 1.17 bits per heavy atom. The Morgan fingerprint density at radius 2 is 1.75 bits per heavy atom. The quantitative estimate of drug-likeness (QED) is 0.509. The zero-order chi connectivity index (χ0) is 9.35. The molecule has 0 amide bonds. The molecule has 0 spiro atoms. The molecule has 0 aromatic carbocycles. The van der Waals surface area contributed by atoms with E-state index in [4.69, 9.17) is 0 Å². The highest BCUT2D eigenvalue weighted by atomic mass is 32.1. The zero-order valence-electron chi connectivity index (χ0n) is 5.61.